The Balaban J connectivity index is 1.11. The Morgan fingerprint density at radius 3 is 1.40 bits per heavy atom. The van der Waals surface area contributed by atoms with Gasteiger partial charge < -0.3 is 34.1 Å². The number of ether oxygens (including phenoxy) is 2. The highest BCUT2D eigenvalue weighted by molar-refractivity contribution is 6.04. The molecule has 0 aromatic heterocycles. The van der Waals surface area contributed by atoms with Crippen molar-refractivity contribution in [3.05, 3.63) is 153 Å². The predicted octanol–water partition coefficient (Wildman–Crippen LogP) is 13.1. The van der Waals surface area contributed by atoms with Crippen molar-refractivity contribution in [3.63, 3.8) is 0 Å². The van der Waals surface area contributed by atoms with Crippen LogP contribution in [-0.4, -0.2) is 124 Å². The molecule has 0 saturated heterocycles. The lowest BCUT2D eigenvalue weighted by Crippen LogP contribution is -2.51. The van der Waals surface area contributed by atoms with Crippen molar-refractivity contribution in [2.45, 2.75) is 102 Å². The number of anilines is 2. The monoisotopic (exact) mass is 1130 g/mol. The number of alkyl halides is 6. The Hall–Kier alpha value is -7.50. The van der Waals surface area contributed by atoms with Gasteiger partial charge in [-0.3, -0.25) is 9.80 Å². The van der Waals surface area contributed by atoms with Gasteiger partial charge in [-0.1, -0.05) is 99.9 Å². The second-order valence-electron chi connectivity index (χ2n) is 21.7. The fourth-order valence-electron chi connectivity index (χ4n) is 10.0. The van der Waals surface area contributed by atoms with Crippen LogP contribution in [0.2, 0.25) is 0 Å². The summed E-state index contributed by atoms with van der Waals surface area (Å²) >= 11 is 0. The lowest BCUT2D eigenvalue weighted by atomic mass is 9.91. The molecular formula is C61H73F6N8O6+. The first-order valence-electron chi connectivity index (χ1n) is 27.2. The van der Waals surface area contributed by atoms with Gasteiger partial charge in [-0.15, -0.1) is 0 Å². The standard InChI is InChI=1S/C61H73F6N8O6/c1-42-52(56(76)80-36-34-70(3)4)54(46-28-24-44(40-68)25-29-46)71(58(78)73(42)50-22-18-20-48(38-50)60(62,63)64)32-16-14-12-10-8-9-11-13-15-17-33-72-55(47-30-26-45(41-69)27-31-47)53(57(77)81-37-35-75(5,6)7)43(2)74(59(72)79)51-23-19-21-49(39-51)61(65,66)67/h18-31,38-39,41,54-55,69H,8-17,32-37H2,1-7H3/q+1/t54-,55-/m1/s1. The minimum absolute atomic E-state index is 0.0210. The predicted molar refractivity (Wildman–Crippen MR) is 298 cm³/mol. The minimum Gasteiger partial charge on any atom is -0.461 e. The number of halogens is 6. The van der Waals surface area contributed by atoms with Crippen molar-refractivity contribution < 1.29 is 59.5 Å². The van der Waals surface area contributed by atoms with Crippen LogP contribution in [0.3, 0.4) is 0 Å². The fraction of sp³-hybridized carbons (Fsp3) is 0.443. The van der Waals surface area contributed by atoms with E-state index in [0.29, 0.717) is 65.5 Å². The maximum absolute atomic E-state index is 14.7. The number of rotatable bonds is 26. The summed E-state index contributed by atoms with van der Waals surface area (Å²) in [4.78, 5) is 64.9. The van der Waals surface area contributed by atoms with Crippen molar-refractivity contribution in [2.75, 3.05) is 84.4 Å². The van der Waals surface area contributed by atoms with E-state index in [2.05, 4.69) is 6.07 Å². The van der Waals surface area contributed by atoms with E-state index in [1.807, 2.05) is 40.1 Å². The Labute approximate surface area is 470 Å². The van der Waals surface area contributed by atoms with Crippen LogP contribution in [0.1, 0.15) is 124 Å². The normalized spacial score (nSPS) is 16.4. The zero-order chi connectivity index (χ0) is 59.2. The quantitative estimate of drug-likeness (QED) is 0.0215. The molecule has 0 saturated carbocycles. The average molecular weight is 1130 g/mol. The van der Waals surface area contributed by atoms with Crippen LogP contribution in [0.5, 0.6) is 0 Å². The third-order valence-corrected chi connectivity index (χ3v) is 14.4. The SMILES string of the molecule is CC1=C(C(=O)OCCN(C)C)[C@@H](c2ccc(C#N)cc2)N(CCCCCCCCCCCCN2C(=O)N(c3cccc(C(F)(F)F)c3)C(C)=C(C(=O)OCC[N+](C)(C)C)[C@H]2c2ccc(C=N)cc2)C(=O)N1c1cccc(C(F)(F)F)c1. The zero-order valence-electron chi connectivity index (χ0n) is 47.1. The first-order valence-corrected chi connectivity index (χ1v) is 27.2. The molecule has 0 fully saturated rings. The molecule has 0 radical (unpaired) electrons. The first-order chi connectivity index (χ1) is 38.4. The van der Waals surface area contributed by atoms with Gasteiger partial charge in [0.05, 0.1) is 78.5 Å². The van der Waals surface area contributed by atoms with E-state index in [0.717, 1.165) is 72.6 Å². The number of allylic oxidation sites excluding steroid dienone is 2. The molecule has 0 aliphatic carbocycles. The maximum Gasteiger partial charge on any atom is 0.416 e. The number of carbonyl (C=O) groups is 4. The van der Waals surface area contributed by atoms with Crippen LogP contribution in [0, 0.1) is 16.7 Å². The summed E-state index contributed by atoms with van der Waals surface area (Å²) < 4.78 is 96.2. The summed E-state index contributed by atoms with van der Waals surface area (Å²) in [6.07, 6.45) is -0.593. The molecule has 2 aliphatic heterocycles. The summed E-state index contributed by atoms with van der Waals surface area (Å²) in [7, 11) is 9.46. The van der Waals surface area contributed by atoms with Gasteiger partial charge in [-0.2, -0.15) is 31.6 Å². The van der Waals surface area contributed by atoms with Gasteiger partial charge in [0.25, 0.3) is 0 Å². The Morgan fingerprint density at radius 1 is 0.630 bits per heavy atom. The van der Waals surface area contributed by atoms with Gasteiger partial charge in [0.15, 0.2) is 0 Å². The highest BCUT2D eigenvalue weighted by Gasteiger charge is 2.45. The summed E-state index contributed by atoms with van der Waals surface area (Å²) in [5.74, 6) is -1.42. The Kier molecular flexibility index (Phi) is 21.5. The number of esters is 2. The second-order valence-corrected chi connectivity index (χ2v) is 21.7. The molecule has 434 valence electrons. The maximum atomic E-state index is 14.7. The smallest absolute Gasteiger partial charge is 0.416 e. The van der Waals surface area contributed by atoms with Crippen LogP contribution in [0.4, 0.5) is 47.3 Å². The van der Waals surface area contributed by atoms with E-state index < -0.39 is 59.6 Å². The summed E-state index contributed by atoms with van der Waals surface area (Å²) in [5, 5.41) is 17.3. The van der Waals surface area contributed by atoms with Gasteiger partial charge in [0.1, 0.15) is 19.8 Å². The van der Waals surface area contributed by atoms with Crippen LogP contribution >= 0.6 is 0 Å². The third-order valence-electron chi connectivity index (χ3n) is 14.4. The first kappa shape index (κ1) is 62.7. The second kappa shape index (κ2) is 27.8. The van der Waals surface area contributed by atoms with Gasteiger partial charge in [0, 0.05) is 37.2 Å². The molecule has 2 aliphatic rings. The number of unbranched alkanes of at least 4 members (excludes halogenated alkanes) is 9. The van der Waals surface area contributed by atoms with Crippen molar-refractivity contribution >= 4 is 41.6 Å². The van der Waals surface area contributed by atoms with E-state index >= 15 is 0 Å². The highest BCUT2D eigenvalue weighted by atomic mass is 19.4. The molecule has 6 rings (SSSR count). The number of amides is 4. The molecule has 4 aromatic carbocycles. The number of quaternary nitrogens is 1. The lowest BCUT2D eigenvalue weighted by Gasteiger charge is -2.43. The number of likely N-dealkylation sites (N-methyl/N-ethyl adjacent to an activating group) is 2. The molecule has 20 heteroatoms. The fourth-order valence-corrected chi connectivity index (χ4v) is 10.0. The van der Waals surface area contributed by atoms with Gasteiger partial charge >= 0.3 is 36.4 Å². The van der Waals surface area contributed by atoms with Crippen molar-refractivity contribution in [3.8, 4) is 6.07 Å². The van der Waals surface area contributed by atoms with E-state index in [4.69, 9.17) is 14.9 Å². The van der Waals surface area contributed by atoms with Crippen molar-refractivity contribution in [1.82, 2.24) is 14.7 Å². The Bertz CT molecular complexity index is 2960. The van der Waals surface area contributed by atoms with E-state index in [1.165, 1.54) is 54.1 Å². The number of carbonyl (C=O) groups excluding carboxylic acids is 4. The molecule has 0 bridgehead atoms. The van der Waals surface area contributed by atoms with Crippen LogP contribution in [0.15, 0.2) is 120 Å². The summed E-state index contributed by atoms with van der Waals surface area (Å²) in [6, 6.07) is 21.2. The number of hydrogen-bond donors (Lipinski definition) is 1. The molecule has 14 nitrogen and oxygen atoms in total. The van der Waals surface area contributed by atoms with Crippen LogP contribution in [0.25, 0.3) is 0 Å². The molecule has 2 atom stereocenters. The average Bonchev–Trinajstić information content (AvgIpc) is 3.62. The van der Waals surface area contributed by atoms with Gasteiger partial charge in [0.2, 0.25) is 0 Å². The van der Waals surface area contributed by atoms with E-state index in [-0.39, 0.29) is 60.2 Å². The molecule has 0 spiro atoms. The largest absolute Gasteiger partial charge is 0.461 e. The van der Waals surface area contributed by atoms with E-state index in [1.54, 1.807) is 48.5 Å². The lowest BCUT2D eigenvalue weighted by molar-refractivity contribution is -0.870. The molecular weight excluding hydrogens is 1050 g/mol. The van der Waals surface area contributed by atoms with Gasteiger partial charge in [-0.25, -0.2) is 19.2 Å². The number of nitriles is 1. The van der Waals surface area contributed by atoms with Crippen molar-refractivity contribution in [2.24, 2.45) is 0 Å². The molecule has 81 heavy (non-hydrogen) atoms. The van der Waals surface area contributed by atoms with Gasteiger partial charge in [-0.05, 0) is 106 Å². The Morgan fingerprint density at radius 2 is 1.02 bits per heavy atom. The molecule has 2 heterocycles. The van der Waals surface area contributed by atoms with Crippen LogP contribution in [-0.2, 0) is 31.4 Å². The number of urea groups is 2. The summed E-state index contributed by atoms with van der Waals surface area (Å²) in [5.41, 5.74) is 0.535. The number of hydrogen-bond acceptors (Lipinski definition) is 9. The molecule has 4 amide bonds. The number of nitrogens with one attached hydrogen (secondary N) is 1. The summed E-state index contributed by atoms with van der Waals surface area (Å²) in [6.45, 7) is 4.34. The van der Waals surface area contributed by atoms with Crippen molar-refractivity contribution in [1.29, 1.82) is 10.7 Å². The van der Waals surface area contributed by atoms with E-state index in [9.17, 15) is 50.8 Å². The molecule has 1 N–H and O–H groups in total. The molecule has 4 aromatic rings. The molecule has 0 unspecified atom stereocenters. The topological polar surface area (TPSA) is 151 Å². The van der Waals surface area contributed by atoms with Crippen LogP contribution < -0.4 is 9.80 Å². The third kappa shape index (κ3) is 16.3. The number of benzene rings is 4. The minimum atomic E-state index is -4.69. The highest BCUT2D eigenvalue weighted by Crippen LogP contribution is 2.44. The zero-order valence-corrected chi connectivity index (χ0v) is 47.1. The number of nitrogens with zero attached hydrogens (tertiary/aromatic N) is 7.